The third kappa shape index (κ3) is 3.25. The Morgan fingerprint density at radius 3 is 2.33 bits per heavy atom. The van der Waals surface area contributed by atoms with Crippen molar-refractivity contribution in [3.05, 3.63) is 46.1 Å². The first-order valence-corrected chi connectivity index (χ1v) is 6.25. The second kappa shape index (κ2) is 5.75. The van der Waals surface area contributed by atoms with Crippen LogP contribution < -0.4 is 5.73 Å². The number of nitrogens with zero attached hydrogens (tertiary/aromatic N) is 2. The van der Waals surface area contributed by atoms with Gasteiger partial charge >= 0.3 is 6.18 Å². The van der Waals surface area contributed by atoms with Crippen LogP contribution in [0.25, 0.3) is 11.3 Å². The molecular formula is C12H7Cl2F4N3. The van der Waals surface area contributed by atoms with Gasteiger partial charge in [0.2, 0.25) is 5.95 Å². The Morgan fingerprint density at radius 2 is 1.76 bits per heavy atom. The fourth-order valence-corrected chi connectivity index (χ4v) is 2.20. The van der Waals surface area contributed by atoms with Crippen LogP contribution >= 0.6 is 23.2 Å². The van der Waals surface area contributed by atoms with Crippen molar-refractivity contribution in [1.29, 1.82) is 0 Å². The summed E-state index contributed by atoms with van der Waals surface area (Å²) in [5.74, 6) is -0.851. The summed E-state index contributed by atoms with van der Waals surface area (Å²) in [7, 11) is 0. The van der Waals surface area contributed by atoms with Gasteiger partial charge in [0.15, 0.2) is 0 Å². The van der Waals surface area contributed by atoms with Crippen molar-refractivity contribution in [3.63, 3.8) is 0 Å². The molecule has 9 heteroatoms. The van der Waals surface area contributed by atoms with Crippen LogP contribution in [0.5, 0.6) is 0 Å². The minimum atomic E-state index is -4.66. The largest absolute Gasteiger partial charge is 0.407 e. The summed E-state index contributed by atoms with van der Waals surface area (Å²) in [6.07, 6.45) is -2.57. The molecule has 1 aromatic carbocycles. The van der Waals surface area contributed by atoms with Gasteiger partial charge in [0.25, 0.3) is 0 Å². The summed E-state index contributed by atoms with van der Waals surface area (Å²) >= 11 is 11.8. The standard InChI is InChI=1S/C12H7Cl2F4N3/c13-9-5(7-3-20-4-8(15)21-7)1-2-6(10(9)14)11(19)12(16,17)18/h1-4,11H,19H2/t11-/m1/s1. The molecule has 3 nitrogen and oxygen atoms in total. The van der Waals surface area contributed by atoms with E-state index in [0.717, 1.165) is 12.3 Å². The van der Waals surface area contributed by atoms with Gasteiger partial charge in [-0.15, -0.1) is 0 Å². The van der Waals surface area contributed by atoms with Gasteiger partial charge in [-0.3, -0.25) is 4.98 Å². The van der Waals surface area contributed by atoms with E-state index in [1.165, 1.54) is 12.3 Å². The molecule has 0 bridgehead atoms. The van der Waals surface area contributed by atoms with Gasteiger partial charge in [-0.05, 0) is 5.56 Å². The van der Waals surface area contributed by atoms with Crippen molar-refractivity contribution in [2.45, 2.75) is 12.2 Å². The molecule has 0 aliphatic rings. The van der Waals surface area contributed by atoms with E-state index in [9.17, 15) is 17.6 Å². The van der Waals surface area contributed by atoms with Crippen molar-refractivity contribution in [3.8, 4) is 11.3 Å². The maximum Gasteiger partial charge on any atom is 0.407 e. The normalized spacial score (nSPS) is 13.3. The van der Waals surface area contributed by atoms with Crippen LogP contribution in [0.3, 0.4) is 0 Å². The van der Waals surface area contributed by atoms with E-state index >= 15 is 0 Å². The molecule has 0 spiro atoms. The van der Waals surface area contributed by atoms with Crippen molar-refractivity contribution in [2.75, 3.05) is 0 Å². The lowest BCUT2D eigenvalue weighted by atomic mass is 10.0. The van der Waals surface area contributed by atoms with E-state index < -0.39 is 18.2 Å². The third-order valence-electron chi connectivity index (χ3n) is 2.68. The Hall–Kier alpha value is -1.44. The van der Waals surface area contributed by atoms with E-state index in [0.29, 0.717) is 0 Å². The molecule has 1 heterocycles. The van der Waals surface area contributed by atoms with Crippen molar-refractivity contribution >= 4 is 23.2 Å². The van der Waals surface area contributed by atoms with Gasteiger partial charge in [-0.1, -0.05) is 35.3 Å². The molecule has 2 rings (SSSR count). The van der Waals surface area contributed by atoms with Crippen LogP contribution in [0.15, 0.2) is 24.5 Å². The predicted octanol–water partition coefficient (Wildman–Crippen LogP) is 4.15. The lowest BCUT2D eigenvalue weighted by Crippen LogP contribution is -2.28. The summed E-state index contributed by atoms with van der Waals surface area (Å²) in [5.41, 5.74) is 4.93. The van der Waals surface area contributed by atoms with Gasteiger partial charge in [0.05, 0.1) is 28.1 Å². The molecule has 0 aliphatic carbocycles. The number of halogens is 6. The highest BCUT2D eigenvalue weighted by Gasteiger charge is 2.39. The molecule has 2 N–H and O–H groups in total. The van der Waals surface area contributed by atoms with Crippen molar-refractivity contribution < 1.29 is 17.6 Å². The van der Waals surface area contributed by atoms with Crippen LogP contribution in [0.4, 0.5) is 17.6 Å². The number of aromatic nitrogens is 2. The third-order valence-corrected chi connectivity index (χ3v) is 3.58. The summed E-state index contributed by atoms with van der Waals surface area (Å²) in [5, 5.41) is -0.557. The molecule has 112 valence electrons. The zero-order valence-electron chi connectivity index (χ0n) is 10.1. The van der Waals surface area contributed by atoms with Crippen LogP contribution in [-0.4, -0.2) is 16.1 Å². The first-order valence-electron chi connectivity index (χ1n) is 5.50. The molecule has 1 atom stereocenters. The predicted molar refractivity (Wildman–Crippen MR) is 70.4 cm³/mol. The maximum atomic E-state index is 13.0. The zero-order valence-corrected chi connectivity index (χ0v) is 11.6. The molecule has 0 fully saturated rings. The summed E-state index contributed by atoms with van der Waals surface area (Å²) < 4.78 is 50.9. The number of benzene rings is 1. The van der Waals surface area contributed by atoms with E-state index in [1.807, 2.05) is 0 Å². The first-order chi connectivity index (χ1) is 9.71. The molecule has 1 aromatic heterocycles. The van der Waals surface area contributed by atoms with Gasteiger partial charge in [-0.2, -0.15) is 17.6 Å². The molecule has 0 saturated carbocycles. The Morgan fingerprint density at radius 1 is 1.10 bits per heavy atom. The van der Waals surface area contributed by atoms with E-state index in [-0.39, 0.29) is 26.9 Å². The molecule has 21 heavy (non-hydrogen) atoms. The summed E-state index contributed by atoms with van der Waals surface area (Å²) in [6.45, 7) is 0. The second-order valence-electron chi connectivity index (χ2n) is 4.08. The maximum absolute atomic E-state index is 13.0. The van der Waals surface area contributed by atoms with Gasteiger partial charge in [0.1, 0.15) is 6.04 Å². The Labute approximate surface area is 126 Å². The number of hydrogen-bond donors (Lipinski definition) is 1. The molecule has 0 amide bonds. The van der Waals surface area contributed by atoms with Gasteiger partial charge in [-0.25, -0.2) is 4.98 Å². The fourth-order valence-electron chi connectivity index (χ4n) is 1.65. The Balaban J connectivity index is 2.52. The van der Waals surface area contributed by atoms with E-state index in [4.69, 9.17) is 28.9 Å². The molecular weight excluding hydrogens is 333 g/mol. The smallest absolute Gasteiger partial charge is 0.316 e. The summed E-state index contributed by atoms with van der Waals surface area (Å²) in [4.78, 5) is 7.13. The topological polar surface area (TPSA) is 51.8 Å². The lowest BCUT2D eigenvalue weighted by Gasteiger charge is -2.18. The number of hydrogen-bond acceptors (Lipinski definition) is 3. The van der Waals surface area contributed by atoms with Gasteiger partial charge in [0, 0.05) is 5.56 Å². The van der Waals surface area contributed by atoms with Gasteiger partial charge < -0.3 is 5.73 Å². The second-order valence-corrected chi connectivity index (χ2v) is 4.83. The highest BCUT2D eigenvalue weighted by Crippen LogP contribution is 2.40. The first kappa shape index (κ1) is 15.9. The summed E-state index contributed by atoms with van der Waals surface area (Å²) in [6, 6.07) is 0.0440. The lowest BCUT2D eigenvalue weighted by molar-refractivity contribution is -0.149. The number of alkyl halides is 3. The zero-order chi connectivity index (χ0) is 15.8. The minimum Gasteiger partial charge on any atom is -0.316 e. The van der Waals surface area contributed by atoms with E-state index in [1.54, 1.807) is 0 Å². The fraction of sp³-hybridized carbons (Fsp3) is 0.167. The number of rotatable bonds is 2. The average molecular weight is 340 g/mol. The average Bonchev–Trinajstić information content (AvgIpc) is 2.40. The highest BCUT2D eigenvalue weighted by atomic mass is 35.5. The van der Waals surface area contributed by atoms with Crippen LogP contribution in [-0.2, 0) is 0 Å². The van der Waals surface area contributed by atoms with Crippen LogP contribution in [0.1, 0.15) is 11.6 Å². The van der Waals surface area contributed by atoms with Crippen LogP contribution in [0, 0.1) is 5.95 Å². The van der Waals surface area contributed by atoms with Crippen molar-refractivity contribution in [2.24, 2.45) is 5.73 Å². The Kier molecular flexibility index (Phi) is 4.36. The monoisotopic (exact) mass is 339 g/mol. The molecule has 2 aromatic rings. The van der Waals surface area contributed by atoms with E-state index in [2.05, 4.69) is 9.97 Å². The number of nitrogens with two attached hydrogens (primary N) is 1. The highest BCUT2D eigenvalue weighted by molar-refractivity contribution is 6.44. The quantitative estimate of drug-likeness (QED) is 0.836. The Bertz CT molecular complexity index is 676. The molecule has 0 radical (unpaired) electrons. The minimum absolute atomic E-state index is 0.0500. The molecule has 0 unspecified atom stereocenters. The molecule has 0 saturated heterocycles. The molecule has 0 aliphatic heterocycles. The SMILES string of the molecule is N[C@H](c1ccc(-c2cncc(F)n2)c(Cl)c1Cl)C(F)(F)F. The van der Waals surface area contributed by atoms with Crippen molar-refractivity contribution in [1.82, 2.24) is 9.97 Å². The van der Waals surface area contributed by atoms with Crippen LogP contribution in [0.2, 0.25) is 10.0 Å².